The van der Waals surface area contributed by atoms with E-state index in [2.05, 4.69) is 10.3 Å². The van der Waals surface area contributed by atoms with Gasteiger partial charge in [-0.3, -0.25) is 9.59 Å². The van der Waals surface area contributed by atoms with Gasteiger partial charge >= 0.3 is 0 Å². The summed E-state index contributed by atoms with van der Waals surface area (Å²) in [6.45, 7) is 1.49. The summed E-state index contributed by atoms with van der Waals surface area (Å²) in [6.07, 6.45) is 0.131. The second-order valence-corrected chi connectivity index (χ2v) is 7.41. The van der Waals surface area contributed by atoms with Crippen molar-refractivity contribution in [1.82, 2.24) is 4.98 Å². The fourth-order valence-electron chi connectivity index (χ4n) is 2.40. The van der Waals surface area contributed by atoms with Gasteiger partial charge in [0.05, 0.1) is 27.0 Å². The predicted octanol–water partition coefficient (Wildman–Crippen LogP) is 5.50. The molecule has 7 heteroatoms. The van der Waals surface area contributed by atoms with Crippen molar-refractivity contribution < 1.29 is 9.59 Å². The van der Waals surface area contributed by atoms with Gasteiger partial charge in [0.1, 0.15) is 0 Å². The third kappa shape index (κ3) is 4.30. The minimum atomic E-state index is -0.244. The Morgan fingerprint density at radius 3 is 2.46 bits per heavy atom. The van der Waals surface area contributed by atoms with E-state index in [1.807, 2.05) is 30.3 Å². The molecule has 4 nitrogen and oxygen atoms in total. The van der Waals surface area contributed by atoms with Crippen LogP contribution in [0.25, 0.3) is 11.3 Å². The van der Waals surface area contributed by atoms with Crippen LogP contribution in [0.3, 0.4) is 0 Å². The second kappa shape index (κ2) is 7.99. The summed E-state index contributed by atoms with van der Waals surface area (Å²) in [7, 11) is 0. The van der Waals surface area contributed by atoms with Crippen LogP contribution in [0.2, 0.25) is 10.0 Å². The van der Waals surface area contributed by atoms with Crippen LogP contribution in [0.4, 0.5) is 5.13 Å². The number of ketones is 1. The summed E-state index contributed by atoms with van der Waals surface area (Å²) in [6, 6.07) is 14.4. The zero-order chi connectivity index (χ0) is 18.7. The molecule has 0 spiro atoms. The third-order valence-electron chi connectivity index (χ3n) is 3.59. The number of anilines is 1. The summed E-state index contributed by atoms with van der Waals surface area (Å²) in [5.74, 6) is -0.335. The number of hydrogen-bond donors (Lipinski definition) is 1. The molecule has 1 amide bonds. The van der Waals surface area contributed by atoms with Crippen LogP contribution in [0.5, 0.6) is 0 Å². The van der Waals surface area contributed by atoms with Crippen molar-refractivity contribution in [3.63, 3.8) is 0 Å². The van der Waals surface area contributed by atoms with Crippen LogP contribution in [-0.4, -0.2) is 16.7 Å². The number of amides is 1. The maximum absolute atomic E-state index is 12.3. The largest absolute Gasteiger partial charge is 0.302 e. The van der Waals surface area contributed by atoms with Crippen LogP contribution in [0, 0.1) is 0 Å². The molecule has 1 heterocycles. The number of halogens is 2. The normalized spacial score (nSPS) is 10.6. The van der Waals surface area contributed by atoms with Gasteiger partial charge in [0.25, 0.3) is 0 Å². The van der Waals surface area contributed by atoms with Gasteiger partial charge in [0, 0.05) is 12.5 Å². The van der Waals surface area contributed by atoms with Crippen molar-refractivity contribution in [2.24, 2.45) is 0 Å². The number of nitrogens with one attached hydrogen (secondary N) is 1. The molecule has 2 aromatic carbocycles. The second-order valence-electron chi connectivity index (χ2n) is 5.59. The molecule has 3 aromatic rings. The molecule has 132 valence electrons. The molecule has 0 unspecified atom stereocenters. The van der Waals surface area contributed by atoms with Gasteiger partial charge in [-0.15, -0.1) is 0 Å². The molecule has 26 heavy (non-hydrogen) atoms. The van der Waals surface area contributed by atoms with Crippen LogP contribution in [0.1, 0.15) is 22.2 Å². The Hall–Kier alpha value is -2.21. The molecule has 0 saturated heterocycles. The first-order valence-electron chi connectivity index (χ1n) is 7.75. The summed E-state index contributed by atoms with van der Waals surface area (Å²) < 4.78 is 0. The van der Waals surface area contributed by atoms with E-state index in [1.165, 1.54) is 18.3 Å². The minimum absolute atomic E-state index is 0.0914. The van der Waals surface area contributed by atoms with E-state index in [9.17, 15) is 9.59 Å². The monoisotopic (exact) mass is 404 g/mol. The topological polar surface area (TPSA) is 59.1 Å². The highest BCUT2D eigenvalue weighted by Gasteiger charge is 2.18. The van der Waals surface area contributed by atoms with E-state index in [0.29, 0.717) is 25.7 Å². The van der Waals surface area contributed by atoms with Crippen molar-refractivity contribution in [3.8, 4) is 11.3 Å². The lowest BCUT2D eigenvalue weighted by atomic mass is 10.1. The Labute approximate surface area is 164 Å². The van der Waals surface area contributed by atoms with Crippen molar-refractivity contribution in [1.29, 1.82) is 0 Å². The number of hydrogen-bond acceptors (Lipinski definition) is 4. The number of rotatable bonds is 5. The molecular weight excluding hydrogens is 391 g/mol. The third-order valence-corrected chi connectivity index (χ3v) is 5.40. The summed E-state index contributed by atoms with van der Waals surface area (Å²) >= 11 is 13.0. The van der Waals surface area contributed by atoms with E-state index in [-0.39, 0.29) is 18.1 Å². The molecule has 0 radical (unpaired) electrons. The van der Waals surface area contributed by atoms with Crippen molar-refractivity contribution in [3.05, 3.63) is 69.0 Å². The highest BCUT2D eigenvalue weighted by molar-refractivity contribution is 7.18. The smallest absolute Gasteiger partial charge is 0.230 e. The fourth-order valence-corrected chi connectivity index (χ4v) is 3.62. The number of thiazole rings is 1. The zero-order valence-electron chi connectivity index (χ0n) is 13.8. The molecule has 0 bridgehead atoms. The Morgan fingerprint density at radius 2 is 1.81 bits per heavy atom. The standard InChI is InChI=1S/C19H14Cl2N2O2S/c1-11(24)18-17(13-5-3-2-4-6-13)23-19(26-18)22-16(25)10-12-7-8-14(20)15(21)9-12/h2-9H,10H2,1H3,(H,22,23,25). The summed E-state index contributed by atoms with van der Waals surface area (Å²) in [4.78, 5) is 29.2. The van der Waals surface area contributed by atoms with Crippen molar-refractivity contribution in [2.75, 3.05) is 5.32 Å². The van der Waals surface area contributed by atoms with Gasteiger partial charge in [-0.05, 0) is 17.7 Å². The molecular formula is C19H14Cl2N2O2S. The lowest BCUT2D eigenvalue weighted by molar-refractivity contribution is -0.115. The van der Waals surface area contributed by atoms with Crippen LogP contribution >= 0.6 is 34.5 Å². The maximum Gasteiger partial charge on any atom is 0.230 e. The molecule has 0 aliphatic carbocycles. The molecule has 0 saturated carbocycles. The van der Waals surface area contributed by atoms with E-state index < -0.39 is 0 Å². The van der Waals surface area contributed by atoms with Crippen molar-refractivity contribution in [2.45, 2.75) is 13.3 Å². The first-order valence-corrected chi connectivity index (χ1v) is 9.32. The number of benzene rings is 2. The molecule has 0 aliphatic heterocycles. The maximum atomic E-state index is 12.3. The Kier molecular flexibility index (Phi) is 5.71. The minimum Gasteiger partial charge on any atom is -0.302 e. The van der Waals surface area contributed by atoms with Crippen LogP contribution in [-0.2, 0) is 11.2 Å². The van der Waals surface area contributed by atoms with Gasteiger partial charge in [-0.2, -0.15) is 0 Å². The van der Waals surface area contributed by atoms with E-state index in [0.717, 1.165) is 11.1 Å². The summed E-state index contributed by atoms with van der Waals surface area (Å²) in [5, 5.41) is 3.98. The highest BCUT2D eigenvalue weighted by Crippen LogP contribution is 2.31. The fraction of sp³-hybridized carbons (Fsp3) is 0.105. The number of carbonyl (C=O) groups is 2. The van der Waals surface area contributed by atoms with Gasteiger partial charge in [-0.1, -0.05) is 70.9 Å². The molecule has 0 fully saturated rings. The number of aromatic nitrogens is 1. The van der Waals surface area contributed by atoms with Crippen molar-refractivity contribution >= 4 is 51.4 Å². The van der Waals surface area contributed by atoms with E-state index >= 15 is 0 Å². The molecule has 3 rings (SSSR count). The average Bonchev–Trinajstić information content (AvgIpc) is 3.03. The predicted molar refractivity (Wildman–Crippen MR) is 106 cm³/mol. The van der Waals surface area contributed by atoms with Crippen LogP contribution < -0.4 is 5.32 Å². The molecule has 1 aromatic heterocycles. The Balaban J connectivity index is 1.80. The lowest BCUT2D eigenvalue weighted by Gasteiger charge is -2.03. The van der Waals surface area contributed by atoms with E-state index in [4.69, 9.17) is 23.2 Å². The van der Waals surface area contributed by atoms with Gasteiger partial charge in [0.15, 0.2) is 10.9 Å². The quantitative estimate of drug-likeness (QED) is 0.570. The van der Waals surface area contributed by atoms with Gasteiger partial charge in [0.2, 0.25) is 5.91 Å². The molecule has 0 aliphatic rings. The number of nitrogens with zero attached hydrogens (tertiary/aromatic N) is 1. The van der Waals surface area contributed by atoms with Gasteiger partial charge in [-0.25, -0.2) is 4.98 Å². The zero-order valence-corrected chi connectivity index (χ0v) is 16.1. The lowest BCUT2D eigenvalue weighted by Crippen LogP contribution is -2.14. The first kappa shape index (κ1) is 18.6. The SMILES string of the molecule is CC(=O)c1sc(NC(=O)Cc2ccc(Cl)c(Cl)c2)nc1-c1ccccc1. The first-order chi connectivity index (χ1) is 12.4. The Bertz CT molecular complexity index is 971. The summed E-state index contributed by atoms with van der Waals surface area (Å²) in [5.41, 5.74) is 2.15. The average molecular weight is 405 g/mol. The van der Waals surface area contributed by atoms with Gasteiger partial charge < -0.3 is 5.32 Å². The Morgan fingerprint density at radius 1 is 1.08 bits per heavy atom. The van der Waals surface area contributed by atoms with E-state index in [1.54, 1.807) is 18.2 Å². The molecule has 1 N–H and O–H groups in total. The highest BCUT2D eigenvalue weighted by atomic mass is 35.5. The number of carbonyl (C=O) groups excluding carboxylic acids is 2. The number of Topliss-reactive ketones (excluding diaryl/α,β-unsaturated/α-hetero) is 1. The molecule has 0 atom stereocenters. The van der Waals surface area contributed by atoms with Crippen LogP contribution in [0.15, 0.2) is 48.5 Å².